The van der Waals surface area contributed by atoms with Gasteiger partial charge in [0.1, 0.15) is 0 Å². The zero-order chi connectivity index (χ0) is 17.9. The van der Waals surface area contributed by atoms with Crippen molar-refractivity contribution in [3.8, 4) is 0 Å². The number of likely N-dealkylation sites (tertiary alicyclic amines) is 1. The molecule has 0 radical (unpaired) electrons. The van der Waals surface area contributed by atoms with Crippen molar-refractivity contribution in [2.45, 2.75) is 31.9 Å². The number of nitrogens with zero attached hydrogens (tertiary/aromatic N) is 3. The van der Waals surface area contributed by atoms with Crippen molar-refractivity contribution in [1.29, 1.82) is 0 Å². The molecule has 2 aliphatic heterocycles. The fourth-order valence-electron chi connectivity index (χ4n) is 3.50. The third-order valence-electron chi connectivity index (χ3n) is 4.97. The summed E-state index contributed by atoms with van der Waals surface area (Å²) in [4.78, 5) is 10.2. The zero-order valence-electron chi connectivity index (χ0n) is 14.6. The predicted octanol–water partition coefficient (Wildman–Crippen LogP) is 3.40. The van der Waals surface area contributed by atoms with Gasteiger partial charge in [-0.2, -0.15) is 13.2 Å². The van der Waals surface area contributed by atoms with E-state index in [1.54, 1.807) is 7.05 Å². The highest BCUT2D eigenvalue weighted by molar-refractivity contribution is 14.0. The van der Waals surface area contributed by atoms with Crippen LogP contribution in [-0.4, -0.2) is 55.7 Å². The molecular weight excluding hydrogens is 480 g/mol. The van der Waals surface area contributed by atoms with E-state index in [9.17, 15) is 13.2 Å². The number of thiazole rings is 1. The van der Waals surface area contributed by atoms with Crippen LogP contribution >= 0.6 is 35.3 Å². The summed E-state index contributed by atoms with van der Waals surface area (Å²) in [6.45, 7) is 4.08. The largest absolute Gasteiger partial charge is 0.434 e. The highest BCUT2D eigenvalue weighted by atomic mass is 127. The maximum Gasteiger partial charge on any atom is 0.434 e. The Hall–Kier alpha value is -0.620. The van der Waals surface area contributed by atoms with Gasteiger partial charge in [0, 0.05) is 51.7 Å². The number of rotatable bonds is 3. The number of halogens is 4. The van der Waals surface area contributed by atoms with Crippen molar-refractivity contribution in [2.75, 3.05) is 39.9 Å². The number of aromatic nitrogens is 1. The predicted molar refractivity (Wildman–Crippen MR) is 106 cm³/mol. The molecule has 0 aliphatic carbocycles. The molecule has 5 nitrogen and oxygen atoms in total. The summed E-state index contributed by atoms with van der Waals surface area (Å²) in [6, 6.07) is 0. The average Bonchev–Trinajstić information content (AvgIpc) is 3.20. The molecule has 26 heavy (non-hydrogen) atoms. The van der Waals surface area contributed by atoms with Gasteiger partial charge < -0.3 is 15.0 Å². The molecule has 0 atom stereocenters. The summed E-state index contributed by atoms with van der Waals surface area (Å²) in [5.41, 5.74) is -0.481. The van der Waals surface area contributed by atoms with Gasteiger partial charge in [-0.25, -0.2) is 4.98 Å². The van der Waals surface area contributed by atoms with Gasteiger partial charge in [0.25, 0.3) is 0 Å². The van der Waals surface area contributed by atoms with Crippen LogP contribution in [0, 0.1) is 5.41 Å². The van der Waals surface area contributed by atoms with E-state index >= 15 is 0 Å². The van der Waals surface area contributed by atoms with Gasteiger partial charge in [-0.3, -0.25) is 4.99 Å². The Balaban J connectivity index is 0.00000243. The molecular formula is C16H24F3IN4OS. The van der Waals surface area contributed by atoms with E-state index in [-0.39, 0.29) is 24.0 Å². The number of hydrogen-bond donors (Lipinski definition) is 1. The summed E-state index contributed by atoms with van der Waals surface area (Å²) < 4.78 is 43.2. The first-order valence-corrected chi connectivity index (χ1v) is 9.35. The van der Waals surface area contributed by atoms with Gasteiger partial charge in [-0.05, 0) is 24.7 Å². The third kappa shape index (κ3) is 5.22. The molecule has 148 valence electrons. The van der Waals surface area contributed by atoms with Crippen molar-refractivity contribution in [3.05, 3.63) is 16.1 Å². The molecule has 0 bridgehead atoms. The van der Waals surface area contributed by atoms with E-state index in [0.717, 1.165) is 68.2 Å². The highest BCUT2D eigenvalue weighted by Gasteiger charge is 2.40. The second-order valence-electron chi connectivity index (χ2n) is 6.63. The molecule has 1 spiro atoms. The minimum Gasteiger partial charge on any atom is -0.381 e. The molecule has 2 aliphatic rings. The van der Waals surface area contributed by atoms with E-state index in [1.807, 2.05) is 0 Å². The fraction of sp³-hybridized carbons (Fsp3) is 0.750. The molecule has 1 aromatic rings. The molecule has 0 amide bonds. The van der Waals surface area contributed by atoms with Gasteiger partial charge in [-0.15, -0.1) is 35.3 Å². The summed E-state index contributed by atoms with van der Waals surface area (Å²) in [7, 11) is 1.74. The molecule has 1 aromatic heterocycles. The summed E-state index contributed by atoms with van der Waals surface area (Å²) in [5.74, 6) is 0.816. The van der Waals surface area contributed by atoms with Crippen molar-refractivity contribution < 1.29 is 17.9 Å². The zero-order valence-corrected chi connectivity index (χ0v) is 17.8. The Kier molecular flexibility index (Phi) is 7.54. The van der Waals surface area contributed by atoms with Crippen LogP contribution < -0.4 is 5.32 Å². The van der Waals surface area contributed by atoms with E-state index in [0.29, 0.717) is 23.4 Å². The second-order valence-corrected chi connectivity index (χ2v) is 7.57. The first-order valence-electron chi connectivity index (χ1n) is 8.47. The molecule has 10 heteroatoms. The minimum absolute atomic E-state index is 0. The van der Waals surface area contributed by atoms with Crippen molar-refractivity contribution in [2.24, 2.45) is 10.4 Å². The average molecular weight is 504 g/mol. The van der Waals surface area contributed by atoms with Crippen LogP contribution in [0.15, 0.2) is 10.4 Å². The lowest BCUT2D eigenvalue weighted by molar-refractivity contribution is -0.140. The van der Waals surface area contributed by atoms with Gasteiger partial charge >= 0.3 is 6.18 Å². The Labute approximate surface area is 172 Å². The van der Waals surface area contributed by atoms with Crippen LogP contribution in [0.5, 0.6) is 0 Å². The van der Waals surface area contributed by atoms with Crippen LogP contribution in [0.1, 0.15) is 30.0 Å². The van der Waals surface area contributed by atoms with Gasteiger partial charge in [0.2, 0.25) is 0 Å². The number of aliphatic imine (C=N–C) groups is 1. The standard InChI is InChI=1S/C16H23F3N4OS.HI/c1-20-14(23-7-3-15(11-23)4-8-24-9-5-15)21-6-2-13-22-12(10-25-13)16(17,18)19;/h10H,2-9,11H2,1H3,(H,20,21);1H. The first-order chi connectivity index (χ1) is 11.9. The van der Waals surface area contributed by atoms with Gasteiger partial charge in [0.15, 0.2) is 11.7 Å². The van der Waals surface area contributed by atoms with Gasteiger partial charge in [-0.1, -0.05) is 0 Å². The van der Waals surface area contributed by atoms with Crippen LogP contribution in [0.25, 0.3) is 0 Å². The molecule has 2 saturated heterocycles. The lowest BCUT2D eigenvalue weighted by Crippen LogP contribution is -2.42. The normalized spacial score (nSPS) is 20.3. The Bertz CT molecular complexity index is 617. The monoisotopic (exact) mass is 504 g/mol. The van der Waals surface area contributed by atoms with E-state index in [4.69, 9.17) is 4.74 Å². The molecule has 0 aromatic carbocycles. The van der Waals surface area contributed by atoms with Crippen molar-refractivity contribution in [3.63, 3.8) is 0 Å². The number of ether oxygens (including phenoxy) is 1. The summed E-state index contributed by atoms with van der Waals surface area (Å²) in [5, 5.41) is 4.81. The van der Waals surface area contributed by atoms with Crippen molar-refractivity contribution >= 4 is 41.3 Å². The molecule has 1 N–H and O–H groups in total. The molecule has 2 fully saturated rings. The lowest BCUT2D eigenvalue weighted by Gasteiger charge is -2.33. The minimum atomic E-state index is -4.37. The Morgan fingerprint density at radius 3 is 2.73 bits per heavy atom. The fourth-order valence-corrected chi connectivity index (χ4v) is 4.30. The molecule has 3 heterocycles. The third-order valence-corrected chi connectivity index (χ3v) is 5.88. The van der Waals surface area contributed by atoms with Crippen LogP contribution in [0.3, 0.4) is 0 Å². The molecule has 0 unspecified atom stereocenters. The Morgan fingerprint density at radius 1 is 1.38 bits per heavy atom. The maximum absolute atomic E-state index is 12.6. The highest BCUT2D eigenvalue weighted by Crippen LogP contribution is 2.39. The summed E-state index contributed by atoms with van der Waals surface area (Å²) in [6.07, 6.45) is -0.615. The van der Waals surface area contributed by atoms with E-state index in [2.05, 4.69) is 20.2 Å². The topological polar surface area (TPSA) is 49.8 Å². The SMILES string of the molecule is CN=C(NCCc1nc(C(F)(F)F)cs1)N1CCC2(CCOCC2)C1.I. The lowest BCUT2D eigenvalue weighted by atomic mass is 9.80. The quantitative estimate of drug-likeness (QED) is 0.390. The van der Waals surface area contributed by atoms with E-state index in [1.165, 1.54) is 0 Å². The molecule has 3 rings (SSSR count). The molecule has 0 saturated carbocycles. The number of alkyl halides is 3. The smallest absolute Gasteiger partial charge is 0.381 e. The maximum atomic E-state index is 12.6. The number of nitrogens with one attached hydrogen (secondary N) is 1. The number of hydrogen-bond acceptors (Lipinski definition) is 4. The van der Waals surface area contributed by atoms with Gasteiger partial charge in [0.05, 0.1) is 5.01 Å². The first kappa shape index (κ1) is 21.7. The number of guanidine groups is 1. The Morgan fingerprint density at radius 2 is 2.12 bits per heavy atom. The van der Waals surface area contributed by atoms with Crippen molar-refractivity contribution in [1.82, 2.24) is 15.2 Å². The van der Waals surface area contributed by atoms with E-state index < -0.39 is 11.9 Å². The van der Waals surface area contributed by atoms with Crippen LogP contribution in [-0.2, 0) is 17.3 Å². The second kappa shape index (κ2) is 9.05. The summed E-state index contributed by atoms with van der Waals surface area (Å²) >= 11 is 1.05. The van der Waals surface area contributed by atoms with Crippen LogP contribution in [0.4, 0.5) is 13.2 Å². The van der Waals surface area contributed by atoms with Crippen LogP contribution in [0.2, 0.25) is 0 Å².